The summed E-state index contributed by atoms with van der Waals surface area (Å²) in [6.07, 6.45) is 4.23. The Hall–Kier alpha value is -0.770. The van der Waals surface area contributed by atoms with Crippen molar-refractivity contribution in [1.29, 1.82) is 0 Å². The molecule has 0 heterocycles. The number of ether oxygens (including phenoxy) is 1. The normalized spacial score (nSPS) is 12.4. The predicted molar refractivity (Wildman–Crippen MR) is 80.9 cm³/mol. The van der Waals surface area contributed by atoms with E-state index in [-0.39, 0.29) is 0 Å². The molecule has 0 bridgehead atoms. The molecule has 1 unspecified atom stereocenters. The minimum Gasteiger partial charge on any atom is -0.389 e. The minimum atomic E-state index is -0.512. The molecule has 0 aliphatic heterocycles. The average Bonchev–Trinajstić information content (AvgIpc) is 2.42. The van der Waals surface area contributed by atoms with Crippen molar-refractivity contribution in [2.75, 3.05) is 25.1 Å². The third-order valence-electron chi connectivity index (χ3n) is 2.85. The lowest BCUT2D eigenvalue weighted by Crippen LogP contribution is -2.25. The maximum Gasteiger partial charge on any atom is 0.0945 e. The summed E-state index contributed by atoms with van der Waals surface area (Å²) in [7, 11) is 0. The Morgan fingerprint density at radius 2 is 2.05 bits per heavy atom. The summed E-state index contributed by atoms with van der Waals surface area (Å²) in [5, 5.41) is 13.5. The van der Waals surface area contributed by atoms with E-state index in [0.717, 1.165) is 18.7 Å². The molecule has 0 fully saturated rings. The fourth-order valence-electron chi connectivity index (χ4n) is 1.74. The topological polar surface area (TPSA) is 41.5 Å². The highest BCUT2D eigenvalue weighted by atomic mass is 35.5. The Kier molecular flexibility index (Phi) is 8.63. The quantitative estimate of drug-likeness (QED) is 0.644. The molecule has 0 spiro atoms. The van der Waals surface area contributed by atoms with Gasteiger partial charge in [-0.15, -0.1) is 0 Å². The molecule has 0 saturated carbocycles. The Morgan fingerprint density at radius 1 is 1.26 bits per heavy atom. The summed E-state index contributed by atoms with van der Waals surface area (Å²) in [5.41, 5.74) is 0.839. The van der Waals surface area contributed by atoms with E-state index in [1.807, 2.05) is 24.3 Å². The van der Waals surface area contributed by atoms with E-state index in [9.17, 15) is 5.11 Å². The summed E-state index contributed by atoms with van der Waals surface area (Å²) in [6.45, 7) is 3.72. The summed E-state index contributed by atoms with van der Waals surface area (Å²) < 4.78 is 5.44. The number of para-hydroxylation sites is 1. The van der Waals surface area contributed by atoms with Crippen LogP contribution in [0.25, 0.3) is 0 Å². The van der Waals surface area contributed by atoms with Gasteiger partial charge in [-0.1, -0.05) is 49.9 Å². The maximum absolute atomic E-state index is 9.77. The molecule has 1 aromatic carbocycles. The van der Waals surface area contributed by atoms with E-state index in [2.05, 4.69) is 12.2 Å². The maximum atomic E-state index is 9.77. The van der Waals surface area contributed by atoms with E-state index < -0.39 is 6.10 Å². The minimum absolute atomic E-state index is 0.365. The molecule has 1 aromatic rings. The lowest BCUT2D eigenvalue weighted by Gasteiger charge is -2.14. The van der Waals surface area contributed by atoms with Crippen LogP contribution < -0.4 is 5.32 Å². The van der Waals surface area contributed by atoms with Crippen molar-refractivity contribution < 1.29 is 9.84 Å². The molecule has 4 heteroatoms. The van der Waals surface area contributed by atoms with Crippen LogP contribution in [0.15, 0.2) is 24.3 Å². The second kappa shape index (κ2) is 10.1. The first kappa shape index (κ1) is 16.3. The summed E-state index contributed by atoms with van der Waals surface area (Å²) in [5.74, 6) is 0. The number of nitrogens with one attached hydrogen (secondary N) is 1. The first-order valence-electron chi connectivity index (χ1n) is 6.98. The van der Waals surface area contributed by atoms with Gasteiger partial charge in [-0.05, 0) is 18.6 Å². The third kappa shape index (κ3) is 7.41. The van der Waals surface area contributed by atoms with Gasteiger partial charge in [0, 0.05) is 13.2 Å². The van der Waals surface area contributed by atoms with Crippen molar-refractivity contribution in [1.82, 2.24) is 0 Å². The Bertz CT molecular complexity index is 347. The fourth-order valence-corrected chi connectivity index (χ4v) is 1.94. The van der Waals surface area contributed by atoms with Gasteiger partial charge >= 0.3 is 0 Å². The molecule has 2 N–H and O–H groups in total. The zero-order valence-corrected chi connectivity index (χ0v) is 12.3. The monoisotopic (exact) mass is 285 g/mol. The van der Waals surface area contributed by atoms with Crippen molar-refractivity contribution in [2.24, 2.45) is 0 Å². The first-order chi connectivity index (χ1) is 9.24. The molecule has 0 amide bonds. The van der Waals surface area contributed by atoms with Gasteiger partial charge < -0.3 is 15.2 Å². The van der Waals surface area contributed by atoms with Crippen molar-refractivity contribution in [3.63, 3.8) is 0 Å². The zero-order valence-electron chi connectivity index (χ0n) is 11.6. The molecule has 108 valence electrons. The van der Waals surface area contributed by atoms with Crippen molar-refractivity contribution in [2.45, 2.75) is 38.7 Å². The lowest BCUT2D eigenvalue weighted by molar-refractivity contribution is 0.0417. The van der Waals surface area contributed by atoms with Gasteiger partial charge in [0.05, 0.1) is 23.4 Å². The molecule has 1 atom stereocenters. The van der Waals surface area contributed by atoms with Gasteiger partial charge in [-0.2, -0.15) is 0 Å². The van der Waals surface area contributed by atoms with Crippen molar-refractivity contribution in [3.8, 4) is 0 Å². The van der Waals surface area contributed by atoms with Gasteiger partial charge in [-0.25, -0.2) is 0 Å². The molecule has 0 aliphatic rings. The number of rotatable bonds is 10. The van der Waals surface area contributed by atoms with Gasteiger partial charge in [-0.3, -0.25) is 0 Å². The van der Waals surface area contributed by atoms with Crippen LogP contribution in [0.4, 0.5) is 5.69 Å². The smallest absolute Gasteiger partial charge is 0.0945 e. The highest BCUT2D eigenvalue weighted by Crippen LogP contribution is 2.20. The van der Waals surface area contributed by atoms with Crippen LogP contribution in [0.1, 0.15) is 32.6 Å². The Balaban J connectivity index is 2.08. The van der Waals surface area contributed by atoms with Gasteiger partial charge in [0.1, 0.15) is 0 Å². The van der Waals surface area contributed by atoms with Crippen molar-refractivity contribution >= 4 is 17.3 Å². The molecule has 0 aromatic heterocycles. The lowest BCUT2D eigenvalue weighted by atomic mass is 10.2. The molecule has 19 heavy (non-hydrogen) atoms. The highest BCUT2D eigenvalue weighted by Gasteiger charge is 2.05. The largest absolute Gasteiger partial charge is 0.389 e. The van der Waals surface area contributed by atoms with E-state index in [0.29, 0.717) is 18.2 Å². The van der Waals surface area contributed by atoms with Gasteiger partial charge in [0.25, 0.3) is 0 Å². The number of aliphatic hydroxyl groups excluding tert-OH is 1. The van der Waals surface area contributed by atoms with E-state index in [4.69, 9.17) is 16.3 Å². The van der Waals surface area contributed by atoms with E-state index in [1.165, 1.54) is 19.3 Å². The summed E-state index contributed by atoms with van der Waals surface area (Å²) in [6, 6.07) is 7.50. The van der Waals surface area contributed by atoms with Crippen LogP contribution in [0.3, 0.4) is 0 Å². The molecular weight excluding hydrogens is 262 g/mol. The fraction of sp³-hybridized carbons (Fsp3) is 0.600. The summed E-state index contributed by atoms with van der Waals surface area (Å²) >= 11 is 6.01. The first-order valence-corrected chi connectivity index (χ1v) is 7.36. The van der Waals surface area contributed by atoms with Crippen LogP contribution in [0.2, 0.25) is 5.02 Å². The number of hydrogen-bond donors (Lipinski definition) is 2. The Morgan fingerprint density at radius 3 is 2.79 bits per heavy atom. The standard InChI is InChI=1S/C15H24ClNO2/c1-2-3-4-7-10-19-12-13(18)11-17-15-9-6-5-8-14(15)16/h5-6,8-9,13,17-18H,2-4,7,10-12H2,1H3. The van der Waals surface area contributed by atoms with Crippen molar-refractivity contribution in [3.05, 3.63) is 29.3 Å². The molecular formula is C15H24ClNO2. The third-order valence-corrected chi connectivity index (χ3v) is 3.18. The van der Waals surface area contributed by atoms with Crippen LogP contribution in [0, 0.1) is 0 Å². The molecule has 1 rings (SSSR count). The molecule has 0 aliphatic carbocycles. The van der Waals surface area contributed by atoms with E-state index >= 15 is 0 Å². The Labute approximate surface area is 120 Å². The van der Waals surface area contributed by atoms with Gasteiger partial charge in [0.2, 0.25) is 0 Å². The molecule has 0 radical (unpaired) electrons. The average molecular weight is 286 g/mol. The number of anilines is 1. The van der Waals surface area contributed by atoms with Crippen LogP contribution in [0.5, 0.6) is 0 Å². The van der Waals surface area contributed by atoms with Crippen LogP contribution >= 0.6 is 11.6 Å². The SMILES string of the molecule is CCCCCCOCC(O)CNc1ccccc1Cl. The second-order valence-corrected chi connectivity index (χ2v) is 5.06. The zero-order chi connectivity index (χ0) is 13.9. The van der Waals surface area contributed by atoms with Crippen LogP contribution in [-0.4, -0.2) is 31.0 Å². The summed E-state index contributed by atoms with van der Waals surface area (Å²) in [4.78, 5) is 0. The molecule has 0 saturated heterocycles. The number of unbranched alkanes of at least 4 members (excludes halogenated alkanes) is 3. The second-order valence-electron chi connectivity index (χ2n) is 4.65. The number of hydrogen-bond acceptors (Lipinski definition) is 3. The number of halogens is 1. The number of aliphatic hydroxyl groups is 1. The van der Waals surface area contributed by atoms with E-state index in [1.54, 1.807) is 0 Å². The highest BCUT2D eigenvalue weighted by molar-refractivity contribution is 6.33. The van der Waals surface area contributed by atoms with Crippen LogP contribution in [-0.2, 0) is 4.74 Å². The van der Waals surface area contributed by atoms with Gasteiger partial charge in [0.15, 0.2) is 0 Å². The predicted octanol–water partition coefficient (Wildman–Crippen LogP) is 3.71. The molecule has 3 nitrogen and oxygen atoms in total. The number of benzene rings is 1.